The van der Waals surface area contributed by atoms with Crippen LogP contribution in [0.4, 0.5) is 0 Å². The van der Waals surface area contributed by atoms with E-state index in [1.54, 1.807) is 0 Å². The molecule has 0 bridgehead atoms. The normalized spacial score (nSPS) is 10.6. The van der Waals surface area contributed by atoms with Gasteiger partial charge in [0.2, 0.25) is 0 Å². The Morgan fingerprint density at radius 3 is 3.00 bits per heavy atom. The van der Waals surface area contributed by atoms with Crippen molar-refractivity contribution in [2.24, 2.45) is 0 Å². The highest BCUT2D eigenvalue weighted by molar-refractivity contribution is 5.79. The van der Waals surface area contributed by atoms with Crippen molar-refractivity contribution >= 4 is 11.0 Å². The number of nitrogens with zero attached hydrogens (tertiary/aromatic N) is 3. The molecule has 82 valence electrons. The minimum Gasteiger partial charge on any atom is -0.395 e. The van der Waals surface area contributed by atoms with Crippen LogP contribution >= 0.6 is 0 Å². The quantitative estimate of drug-likeness (QED) is 0.841. The van der Waals surface area contributed by atoms with Gasteiger partial charge in [0, 0.05) is 6.54 Å². The molecule has 0 fully saturated rings. The average molecular weight is 215 g/mol. The number of hydrogen-bond acceptors (Lipinski definition) is 3. The summed E-state index contributed by atoms with van der Waals surface area (Å²) in [5.41, 5.74) is 2.99. The fraction of sp³-hybridized carbons (Fsp3) is 0.333. The van der Waals surface area contributed by atoms with Crippen molar-refractivity contribution in [2.45, 2.75) is 19.9 Å². The van der Waals surface area contributed by atoms with E-state index in [1.165, 1.54) is 0 Å². The van der Waals surface area contributed by atoms with E-state index >= 15 is 0 Å². The van der Waals surface area contributed by atoms with Crippen LogP contribution in [0.15, 0.2) is 18.2 Å². The summed E-state index contributed by atoms with van der Waals surface area (Å²) in [4.78, 5) is 4.45. The monoisotopic (exact) mass is 215 g/mol. The van der Waals surface area contributed by atoms with E-state index in [1.807, 2.05) is 29.7 Å². The largest absolute Gasteiger partial charge is 0.395 e. The molecule has 0 aliphatic rings. The molecule has 4 heteroatoms. The zero-order valence-electron chi connectivity index (χ0n) is 9.14. The van der Waals surface area contributed by atoms with E-state index in [0.717, 1.165) is 22.4 Å². The Morgan fingerprint density at radius 2 is 2.31 bits per heavy atom. The Morgan fingerprint density at radius 1 is 1.50 bits per heavy atom. The second-order valence-electron chi connectivity index (χ2n) is 3.68. The lowest BCUT2D eigenvalue weighted by Gasteiger charge is -2.04. The topological polar surface area (TPSA) is 61.8 Å². The van der Waals surface area contributed by atoms with Gasteiger partial charge < -0.3 is 9.67 Å². The van der Waals surface area contributed by atoms with Crippen molar-refractivity contribution in [3.05, 3.63) is 29.6 Å². The van der Waals surface area contributed by atoms with Gasteiger partial charge in [0.05, 0.1) is 30.1 Å². The van der Waals surface area contributed by atoms with Crippen LogP contribution in [0.1, 0.15) is 11.4 Å². The second kappa shape index (κ2) is 4.33. The summed E-state index contributed by atoms with van der Waals surface area (Å²) in [6, 6.07) is 8.02. The van der Waals surface area contributed by atoms with Crippen molar-refractivity contribution in [3.63, 3.8) is 0 Å². The summed E-state index contributed by atoms with van der Waals surface area (Å²) in [7, 11) is 0. The van der Waals surface area contributed by atoms with Gasteiger partial charge in [-0.2, -0.15) is 5.26 Å². The number of hydrogen-bond donors (Lipinski definition) is 1. The number of aliphatic hydroxyl groups is 1. The van der Waals surface area contributed by atoms with Crippen LogP contribution in [-0.2, 0) is 13.0 Å². The molecule has 0 atom stereocenters. The first-order chi connectivity index (χ1) is 7.77. The molecular formula is C12H13N3O. The molecule has 0 saturated heterocycles. The lowest BCUT2D eigenvalue weighted by molar-refractivity contribution is 0.276. The van der Waals surface area contributed by atoms with Crippen LogP contribution in [0, 0.1) is 18.3 Å². The molecule has 1 aromatic heterocycles. The number of fused-ring (bicyclic) bond motifs is 1. The van der Waals surface area contributed by atoms with Gasteiger partial charge in [0.25, 0.3) is 0 Å². The summed E-state index contributed by atoms with van der Waals surface area (Å²) in [6.07, 6.45) is 0.272. The lowest BCUT2D eigenvalue weighted by Crippen LogP contribution is -2.06. The van der Waals surface area contributed by atoms with Crippen LogP contribution in [-0.4, -0.2) is 21.3 Å². The van der Waals surface area contributed by atoms with Crippen molar-refractivity contribution in [1.82, 2.24) is 9.55 Å². The number of rotatable bonds is 3. The van der Waals surface area contributed by atoms with Crippen LogP contribution in [0.25, 0.3) is 11.0 Å². The molecule has 4 nitrogen and oxygen atoms in total. The fourth-order valence-electron chi connectivity index (χ4n) is 1.89. The third-order valence-electron chi connectivity index (χ3n) is 2.62. The van der Waals surface area contributed by atoms with Gasteiger partial charge in [-0.05, 0) is 18.6 Å². The molecule has 16 heavy (non-hydrogen) atoms. The molecule has 0 aliphatic carbocycles. The zero-order valence-corrected chi connectivity index (χ0v) is 9.14. The minimum absolute atomic E-state index is 0.0534. The first kappa shape index (κ1) is 10.7. The highest BCUT2D eigenvalue weighted by Crippen LogP contribution is 2.19. The Balaban J connectivity index is 2.66. The van der Waals surface area contributed by atoms with E-state index in [2.05, 4.69) is 11.1 Å². The van der Waals surface area contributed by atoms with Gasteiger partial charge in [-0.15, -0.1) is 0 Å². The van der Waals surface area contributed by atoms with Gasteiger partial charge in [-0.3, -0.25) is 0 Å². The van der Waals surface area contributed by atoms with Crippen molar-refractivity contribution in [1.29, 1.82) is 5.26 Å². The maximum atomic E-state index is 9.03. The van der Waals surface area contributed by atoms with Crippen molar-refractivity contribution in [2.75, 3.05) is 6.61 Å². The van der Waals surface area contributed by atoms with E-state index in [4.69, 9.17) is 10.4 Å². The SMILES string of the molecule is Cc1cccc2c1nc(CC#N)n2CCO. The van der Waals surface area contributed by atoms with Gasteiger partial charge in [-0.25, -0.2) is 4.98 Å². The molecule has 0 aliphatic heterocycles. The molecule has 2 aromatic rings. The van der Waals surface area contributed by atoms with Gasteiger partial charge in [0.15, 0.2) is 0 Å². The number of aryl methyl sites for hydroxylation is 1. The van der Waals surface area contributed by atoms with Crippen LogP contribution in [0.2, 0.25) is 0 Å². The fourth-order valence-corrected chi connectivity index (χ4v) is 1.89. The molecule has 0 amide bonds. The average Bonchev–Trinajstić information content (AvgIpc) is 2.61. The molecule has 0 spiro atoms. The zero-order chi connectivity index (χ0) is 11.5. The molecular weight excluding hydrogens is 202 g/mol. The minimum atomic E-state index is 0.0534. The first-order valence-electron chi connectivity index (χ1n) is 5.20. The molecule has 1 aromatic carbocycles. The number of nitriles is 1. The van der Waals surface area contributed by atoms with E-state index in [-0.39, 0.29) is 13.0 Å². The summed E-state index contributed by atoms with van der Waals surface area (Å²) >= 11 is 0. The molecule has 2 rings (SSSR count). The number of aliphatic hydroxyl groups excluding tert-OH is 1. The third-order valence-corrected chi connectivity index (χ3v) is 2.62. The lowest BCUT2D eigenvalue weighted by atomic mass is 10.2. The Kier molecular flexibility index (Phi) is 2.88. The number of imidazole rings is 1. The molecule has 0 unspecified atom stereocenters. The summed E-state index contributed by atoms with van der Waals surface area (Å²) in [6.45, 7) is 2.53. The van der Waals surface area contributed by atoms with E-state index < -0.39 is 0 Å². The number of para-hydroxylation sites is 1. The first-order valence-corrected chi connectivity index (χ1v) is 5.20. The highest BCUT2D eigenvalue weighted by Gasteiger charge is 2.10. The number of aromatic nitrogens is 2. The second-order valence-corrected chi connectivity index (χ2v) is 3.68. The molecule has 1 heterocycles. The highest BCUT2D eigenvalue weighted by atomic mass is 16.3. The van der Waals surface area contributed by atoms with Gasteiger partial charge >= 0.3 is 0 Å². The van der Waals surface area contributed by atoms with Gasteiger partial charge in [-0.1, -0.05) is 12.1 Å². The Labute approximate surface area is 93.8 Å². The summed E-state index contributed by atoms with van der Waals surface area (Å²) in [5.74, 6) is 0.723. The van der Waals surface area contributed by atoms with E-state index in [9.17, 15) is 0 Å². The van der Waals surface area contributed by atoms with Crippen LogP contribution in [0.3, 0.4) is 0 Å². The number of benzene rings is 1. The molecule has 0 radical (unpaired) electrons. The third kappa shape index (κ3) is 1.66. The molecule has 1 N–H and O–H groups in total. The predicted molar refractivity (Wildman–Crippen MR) is 60.9 cm³/mol. The Hall–Kier alpha value is -1.86. The van der Waals surface area contributed by atoms with Crippen LogP contribution in [0.5, 0.6) is 0 Å². The summed E-state index contributed by atoms with van der Waals surface area (Å²) < 4.78 is 1.91. The predicted octanol–water partition coefficient (Wildman–Crippen LogP) is 1.40. The maximum absolute atomic E-state index is 9.03. The Bertz CT molecular complexity index is 551. The van der Waals surface area contributed by atoms with Crippen molar-refractivity contribution < 1.29 is 5.11 Å². The molecule has 0 saturated carbocycles. The van der Waals surface area contributed by atoms with Crippen LogP contribution < -0.4 is 0 Å². The van der Waals surface area contributed by atoms with E-state index in [0.29, 0.717) is 6.54 Å². The standard InChI is InChI=1S/C12H13N3O/c1-9-3-2-4-10-12(9)14-11(5-6-13)15(10)7-8-16/h2-4,16H,5,7-8H2,1H3. The van der Waals surface area contributed by atoms with Crippen molar-refractivity contribution in [3.8, 4) is 6.07 Å². The maximum Gasteiger partial charge on any atom is 0.124 e. The smallest absolute Gasteiger partial charge is 0.124 e. The summed E-state index contributed by atoms with van der Waals surface area (Å²) in [5, 5.41) is 17.8. The van der Waals surface area contributed by atoms with Gasteiger partial charge in [0.1, 0.15) is 5.82 Å².